The number of nitrogens with one attached hydrogen (secondary N) is 1. The summed E-state index contributed by atoms with van der Waals surface area (Å²) in [5, 5.41) is 11.2. The van der Waals surface area contributed by atoms with Crippen molar-refractivity contribution in [3.8, 4) is 6.07 Å². The third kappa shape index (κ3) is 2.83. The Labute approximate surface area is 112 Å². The molecule has 1 amide bonds. The maximum atomic E-state index is 12.0. The van der Waals surface area contributed by atoms with Crippen LogP contribution in [0.4, 0.5) is 0 Å². The summed E-state index contributed by atoms with van der Waals surface area (Å²) in [6, 6.07) is 11.4. The highest BCUT2D eigenvalue weighted by molar-refractivity contribution is 6.30. The van der Waals surface area contributed by atoms with Crippen molar-refractivity contribution in [1.29, 1.82) is 5.26 Å². The van der Waals surface area contributed by atoms with Crippen molar-refractivity contribution >= 4 is 17.5 Å². The first-order valence-corrected chi connectivity index (χ1v) is 6.55. The molecule has 0 heterocycles. The number of nitriles is 1. The van der Waals surface area contributed by atoms with Crippen molar-refractivity contribution < 1.29 is 4.79 Å². The van der Waals surface area contributed by atoms with Crippen molar-refractivity contribution in [3.63, 3.8) is 0 Å². The Balaban J connectivity index is 1.98. The highest BCUT2D eigenvalue weighted by atomic mass is 35.5. The van der Waals surface area contributed by atoms with Crippen LogP contribution in [0.15, 0.2) is 30.3 Å². The first-order valence-electron chi connectivity index (χ1n) is 6.11. The zero-order chi connectivity index (χ0) is 13.0. The first-order chi connectivity index (χ1) is 8.72. The van der Waals surface area contributed by atoms with Gasteiger partial charge in [-0.1, -0.05) is 30.3 Å². The quantitative estimate of drug-likeness (QED) is 0.852. The third-order valence-corrected chi connectivity index (χ3v) is 3.78. The van der Waals surface area contributed by atoms with Crippen molar-refractivity contribution in [3.05, 3.63) is 35.9 Å². The number of amides is 1. The fraction of sp³-hybridized carbons (Fsp3) is 0.429. The van der Waals surface area contributed by atoms with Gasteiger partial charge in [0.1, 0.15) is 5.38 Å². The van der Waals surface area contributed by atoms with E-state index in [1.165, 1.54) is 0 Å². The van der Waals surface area contributed by atoms with E-state index in [4.69, 9.17) is 16.9 Å². The fourth-order valence-electron chi connectivity index (χ4n) is 2.32. The van der Waals surface area contributed by atoms with Crippen LogP contribution in [0.2, 0.25) is 0 Å². The van der Waals surface area contributed by atoms with E-state index in [-0.39, 0.29) is 17.9 Å². The molecule has 0 saturated heterocycles. The number of carbonyl (C=O) groups excluding carboxylic acids is 1. The molecule has 3 nitrogen and oxygen atoms in total. The lowest BCUT2D eigenvalue weighted by atomic mass is 10.1. The van der Waals surface area contributed by atoms with Crippen molar-refractivity contribution in [2.75, 3.05) is 0 Å². The average molecular weight is 263 g/mol. The Bertz CT molecular complexity index is 455. The number of alkyl halides is 1. The van der Waals surface area contributed by atoms with Crippen LogP contribution in [0.3, 0.4) is 0 Å². The normalized spacial score (nSPS) is 24.2. The highest BCUT2D eigenvalue weighted by Gasteiger charge is 2.30. The molecule has 1 aromatic carbocycles. The van der Waals surface area contributed by atoms with Gasteiger partial charge in [0, 0.05) is 6.04 Å². The van der Waals surface area contributed by atoms with Crippen LogP contribution in [0, 0.1) is 17.2 Å². The SMILES string of the molecule is N#CC1CCCC1NC(=O)C(Cl)c1ccccc1. The molecule has 18 heavy (non-hydrogen) atoms. The van der Waals surface area contributed by atoms with E-state index in [9.17, 15) is 4.79 Å². The number of halogens is 1. The predicted molar refractivity (Wildman–Crippen MR) is 69.9 cm³/mol. The highest BCUT2D eigenvalue weighted by Crippen LogP contribution is 2.27. The Morgan fingerprint density at radius 2 is 2.11 bits per heavy atom. The number of nitrogens with zero attached hydrogens (tertiary/aromatic N) is 1. The second-order valence-electron chi connectivity index (χ2n) is 4.55. The topological polar surface area (TPSA) is 52.9 Å². The van der Waals surface area contributed by atoms with Crippen LogP contribution in [-0.2, 0) is 4.79 Å². The summed E-state index contributed by atoms with van der Waals surface area (Å²) in [4.78, 5) is 12.0. The van der Waals surface area contributed by atoms with Crippen LogP contribution >= 0.6 is 11.6 Å². The molecule has 0 aliphatic heterocycles. The lowest BCUT2D eigenvalue weighted by Crippen LogP contribution is -2.38. The molecular weight excluding hydrogens is 248 g/mol. The summed E-state index contributed by atoms with van der Waals surface area (Å²) >= 11 is 6.13. The molecule has 1 fully saturated rings. The molecule has 4 heteroatoms. The van der Waals surface area contributed by atoms with Gasteiger partial charge in [0.25, 0.3) is 0 Å². The van der Waals surface area contributed by atoms with Gasteiger partial charge in [0.15, 0.2) is 0 Å². The molecule has 1 aliphatic carbocycles. The van der Waals surface area contributed by atoms with Crippen molar-refractivity contribution in [1.82, 2.24) is 5.32 Å². The summed E-state index contributed by atoms with van der Waals surface area (Å²) in [5.74, 6) is -0.288. The van der Waals surface area contributed by atoms with Gasteiger partial charge in [-0.2, -0.15) is 5.26 Å². The van der Waals surface area contributed by atoms with Gasteiger partial charge < -0.3 is 5.32 Å². The van der Waals surface area contributed by atoms with Gasteiger partial charge in [-0.25, -0.2) is 0 Å². The molecular formula is C14H15ClN2O. The standard InChI is InChI=1S/C14H15ClN2O/c15-13(10-5-2-1-3-6-10)14(18)17-12-8-4-7-11(12)9-16/h1-3,5-6,11-13H,4,7-8H2,(H,17,18). The molecule has 3 atom stereocenters. The second kappa shape index (κ2) is 5.88. The Kier molecular flexibility index (Phi) is 4.22. The van der Waals surface area contributed by atoms with Gasteiger partial charge in [0.2, 0.25) is 5.91 Å². The number of rotatable bonds is 3. The Morgan fingerprint density at radius 3 is 2.78 bits per heavy atom. The Morgan fingerprint density at radius 1 is 1.39 bits per heavy atom. The molecule has 0 bridgehead atoms. The van der Waals surface area contributed by atoms with E-state index in [0.29, 0.717) is 0 Å². The minimum atomic E-state index is -0.689. The molecule has 0 radical (unpaired) electrons. The predicted octanol–water partition coefficient (Wildman–Crippen LogP) is 2.77. The van der Waals surface area contributed by atoms with E-state index in [0.717, 1.165) is 24.8 Å². The molecule has 2 rings (SSSR count). The zero-order valence-electron chi connectivity index (χ0n) is 9.97. The molecule has 1 saturated carbocycles. The molecule has 3 unspecified atom stereocenters. The third-order valence-electron chi connectivity index (χ3n) is 3.33. The van der Waals surface area contributed by atoms with Crippen LogP contribution in [0.25, 0.3) is 0 Å². The maximum absolute atomic E-state index is 12.0. The van der Waals surface area contributed by atoms with Crippen LogP contribution in [0.1, 0.15) is 30.2 Å². The van der Waals surface area contributed by atoms with E-state index in [2.05, 4.69) is 11.4 Å². The van der Waals surface area contributed by atoms with E-state index >= 15 is 0 Å². The average Bonchev–Trinajstić information content (AvgIpc) is 2.86. The maximum Gasteiger partial charge on any atom is 0.242 e. The van der Waals surface area contributed by atoms with Crippen LogP contribution in [-0.4, -0.2) is 11.9 Å². The molecule has 1 aliphatic rings. The molecule has 1 N–H and O–H groups in total. The minimum Gasteiger partial charge on any atom is -0.350 e. The summed E-state index contributed by atoms with van der Waals surface area (Å²) in [6.45, 7) is 0. The van der Waals surface area contributed by atoms with Crippen molar-refractivity contribution in [2.24, 2.45) is 5.92 Å². The van der Waals surface area contributed by atoms with Gasteiger partial charge >= 0.3 is 0 Å². The number of hydrogen-bond acceptors (Lipinski definition) is 2. The summed E-state index contributed by atoms with van der Waals surface area (Å²) in [7, 11) is 0. The Hall–Kier alpha value is -1.53. The molecule has 94 valence electrons. The van der Waals surface area contributed by atoms with E-state index in [1.54, 1.807) is 0 Å². The number of carbonyl (C=O) groups is 1. The van der Waals surface area contributed by atoms with Gasteiger partial charge in [-0.05, 0) is 24.8 Å². The van der Waals surface area contributed by atoms with E-state index < -0.39 is 5.38 Å². The summed E-state index contributed by atoms with van der Waals surface area (Å²) < 4.78 is 0. The zero-order valence-corrected chi connectivity index (χ0v) is 10.7. The lowest BCUT2D eigenvalue weighted by Gasteiger charge is -2.18. The van der Waals surface area contributed by atoms with Crippen LogP contribution in [0.5, 0.6) is 0 Å². The minimum absolute atomic E-state index is 0.0486. The smallest absolute Gasteiger partial charge is 0.242 e. The molecule has 0 spiro atoms. The van der Waals surface area contributed by atoms with Gasteiger partial charge in [0.05, 0.1) is 12.0 Å². The summed E-state index contributed by atoms with van der Waals surface area (Å²) in [6.07, 6.45) is 2.71. The largest absolute Gasteiger partial charge is 0.350 e. The fourth-order valence-corrected chi connectivity index (χ4v) is 2.53. The molecule has 0 aromatic heterocycles. The monoisotopic (exact) mass is 262 g/mol. The van der Waals surface area contributed by atoms with Crippen LogP contribution < -0.4 is 5.32 Å². The van der Waals surface area contributed by atoms with Gasteiger partial charge in [-0.15, -0.1) is 11.6 Å². The number of hydrogen-bond donors (Lipinski definition) is 1. The lowest BCUT2D eigenvalue weighted by molar-refractivity contribution is -0.121. The first kappa shape index (κ1) is 12.9. The van der Waals surface area contributed by atoms with Gasteiger partial charge in [-0.3, -0.25) is 4.79 Å². The molecule has 1 aromatic rings. The van der Waals surface area contributed by atoms with Crippen molar-refractivity contribution in [2.45, 2.75) is 30.7 Å². The second-order valence-corrected chi connectivity index (χ2v) is 4.99. The number of benzene rings is 1. The van der Waals surface area contributed by atoms with E-state index in [1.807, 2.05) is 30.3 Å². The summed E-state index contributed by atoms with van der Waals surface area (Å²) in [5.41, 5.74) is 0.781.